The van der Waals surface area contributed by atoms with Gasteiger partial charge in [0.2, 0.25) is 0 Å². The lowest BCUT2D eigenvalue weighted by Crippen LogP contribution is -2.30. The molecule has 0 radical (unpaired) electrons. The van der Waals surface area contributed by atoms with Gasteiger partial charge in [0, 0.05) is 12.1 Å². The maximum absolute atomic E-state index is 12.9. The molecule has 1 aliphatic rings. The number of Topliss-reactive ketones (excluding diaryl/α,β-unsaturated/α-hetero) is 1. The Balaban J connectivity index is 1.96. The molecule has 1 saturated heterocycles. The summed E-state index contributed by atoms with van der Waals surface area (Å²) in [5.74, 6) is -0.640. The Morgan fingerprint density at radius 2 is 1.77 bits per heavy atom. The van der Waals surface area contributed by atoms with E-state index >= 15 is 0 Å². The highest BCUT2D eigenvalue weighted by Crippen LogP contribution is 2.39. The van der Waals surface area contributed by atoms with Crippen molar-refractivity contribution in [3.05, 3.63) is 70.8 Å². The zero-order chi connectivity index (χ0) is 22.4. The minimum atomic E-state index is -0.641. The van der Waals surface area contributed by atoms with E-state index in [0.717, 1.165) is 36.8 Å². The quantitative estimate of drug-likeness (QED) is 0.255. The molecule has 5 heteroatoms. The van der Waals surface area contributed by atoms with Crippen LogP contribution in [0.15, 0.2) is 54.1 Å². The summed E-state index contributed by atoms with van der Waals surface area (Å²) in [4.78, 5) is 27.2. The summed E-state index contributed by atoms with van der Waals surface area (Å²) in [6.07, 6.45) is 3.97. The molecule has 0 spiro atoms. The molecular weight excluding hydrogens is 390 g/mol. The molecular formula is C26H31NO4. The number of amides is 1. The fourth-order valence-electron chi connectivity index (χ4n) is 3.94. The van der Waals surface area contributed by atoms with Crippen LogP contribution in [0, 0.1) is 6.92 Å². The summed E-state index contributed by atoms with van der Waals surface area (Å²) in [5.41, 5.74) is 2.49. The number of aryl methyl sites for hydroxylation is 1. The number of ketones is 1. The van der Waals surface area contributed by atoms with Crippen molar-refractivity contribution in [1.29, 1.82) is 0 Å². The number of likely N-dealkylation sites (tertiary alicyclic amines) is 1. The van der Waals surface area contributed by atoms with Gasteiger partial charge < -0.3 is 14.7 Å². The van der Waals surface area contributed by atoms with Gasteiger partial charge in [-0.25, -0.2) is 0 Å². The predicted octanol–water partition coefficient (Wildman–Crippen LogP) is 5.40. The van der Waals surface area contributed by atoms with Gasteiger partial charge in [-0.3, -0.25) is 9.59 Å². The van der Waals surface area contributed by atoms with Crippen LogP contribution in [0.2, 0.25) is 0 Å². The lowest BCUT2D eigenvalue weighted by Gasteiger charge is -2.25. The van der Waals surface area contributed by atoms with E-state index in [1.54, 1.807) is 29.2 Å². The maximum Gasteiger partial charge on any atom is 0.295 e. The van der Waals surface area contributed by atoms with Gasteiger partial charge in [-0.2, -0.15) is 0 Å². The molecule has 1 atom stereocenters. The summed E-state index contributed by atoms with van der Waals surface area (Å²) < 4.78 is 5.73. The Kier molecular flexibility index (Phi) is 7.50. The number of unbranched alkanes of at least 4 members (excludes halogenated alkanes) is 2. The van der Waals surface area contributed by atoms with Crippen molar-refractivity contribution in [3.8, 4) is 5.75 Å². The number of benzene rings is 2. The van der Waals surface area contributed by atoms with E-state index in [0.29, 0.717) is 24.5 Å². The second kappa shape index (κ2) is 10.3. The van der Waals surface area contributed by atoms with Crippen LogP contribution < -0.4 is 4.74 Å². The summed E-state index contributed by atoms with van der Waals surface area (Å²) >= 11 is 0. The summed E-state index contributed by atoms with van der Waals surface area (Å²) in [7, 11) is 0. The number of aliphatic hydroxyl groups is 1. The molecule has 1 aliphatic heterocycles. The van der Waals surface area contributed by atoms with Crippen molar-refractivity contribution in [1.82, 2.24) is 4.90 Å². The summed E-state index contributed by atoms with van der Waals surface area (Å²) in [5, 5.41) is 11.1. The van der Waals surface area contributed by atoms with E-state index in [4.69, 9.17) is 4.74 Å². The standard InChI is InChI=1S/C26H31NO4/c1-4-6-7-16-31-21-13-11-19(12-14-21)24(28)22-23(20-10-8-9-18(3)17-20)27(15-5-2)26(30)25(22)29/h8-14,17,23,28H,4-7,15-16H2,1-3H3/b24-22-. The first-order valence-electron chi connectivity index (χ1n) is 11.1. The highest BCUT2D eigenvalue weighted by Gasteiger charge is 2.45. The third kappa shape index (κ3) is 4.98. The van der Waals surface area contributed by atoms with Crippen LogP contribution in [0.3, 0.4) is 0 Å². The fraction of sp³-hybridized carbons (Fsp3) is 0.385. The molecule has 31 heavy (non-hydrogen) atoms. The number of nitrogens with zero attached hydrogens (tertiary/aromatic N) is 1. The molecule has 1 fully saturated rings. The largest absolute Gasteiger partial charge is 0.507 e. The van der Waals surface area contributed by atoms with Gasteiger partial charge in [0.15, 0.2) is 0 Å². The van der Waals surface area contributed by atoms with Crippen molar-refractivity contribution < 1.29 is 19.4 Å². The molecule has 0 saturated carbocycles. The van der Waals surface area contributed by atoms with E-state index in [9.17, 15) is 14.7 Å². The summed E-state index contributed by atoms with van der Waals surface area (Å²) in [6.45, 7) is 7.17. The lowest BCUT2D eigenvalue weighted by atomic mass is 9.94. The number of carbonyl (C=O) groups is 2. The highest BCUT2D eigenvalue weighted by molar-refractivity contribution is 6.46. The zero-order valence-electron chi connectivity index (χ0n) is 18.6. The number of carbonyl (C=O) groups excluding carboxylic acids is 2. The Bertz CT molecular complexity index is 962. The van der Waals surface area contributed by atoms with Gasteiger partial charge in [-0.15, -0.1) is 0 Å². The van der Waals surface area contributed by atoms with Gasteiger partial charge in [0.05, 0.1) is 18.2 Å². The minimum Gasteiger partial charge on any atom is -0.507 e. The van der Waals surface area contributed by atoms with Crippen LogP contribution in [-0.4, -0.2) is 34.8 Å². The predicted molar refractivity (Wildman–Crippen MR) is 122 cm³/mol. The van der Waals surface area contributed by atoms with Gasteiger partial charge in [0.25, 0.3) is 11.7 Å². The number of hydrogen-bond donors (Lipinski definition) is 1. The van der Waals surface area contributed by atoms with Crippen molar-refractivity contribution in [3.63, 3.8) is 0 Å². The Morgan fingerprint density at radius 1 is 1.03 bits per heavy atom. The third-order valence-corrected chi connectivity index (χ3v) is 5.51. The topological polar surface area (TPSA) is 66.8 Å². The van der Waals surface area contributed by atoms with E-state index in [1.165, 1.54) is 0 Å². The molecule has 3 rings (SSSR count). The van der Waals surface area contributed by atoms with E-state index < -0.39 is 17.7 Å². The van der Waals surface area contributed by atoms with Crippen LogP contribution >= 0.6 is 0 Å². The second-order valence-electron chi connectivity index (χ2n) is 7.99. The molecule has 2 aromatic carbocycles. The fourth-order valence-corrected chi connectivity index (χ4v) is 3.94. The number of ether oxygens (including phenoxy) is 1. The number of hydrogen-bond acceptors (Lipinski definition) is 4. The molecule has 1 unspecified atom stereocenters. The van der Waals surface area contributed by atoms with Crippen molar-refractivity contribution in [2.75, 3.05) is 13.2 Å². The molecule has 1 amide bonds. The SMILES string of the molecule is CCCCCOc1ccc(/C(O)=C2/C(=O)C(=O)N(CCC)C2c2cccc(C)c2)cc1. The van der Waals surface area contributed by atoms with Gasteiger partial charge in [-0.05, 0) is 49.6 Å². The summed E-state index contributed by atoms with van der Waals surface area (Å²) in [6, 6.07) is 14.2. The second-order valence-corrected chi connectivity index (χ2v) is 7.99. The lowest BCUT2D eigenvalue weighted by molar-refractivity contribution is -0.139. The first kappa shape index (κ1) is 22.6. The van der Waals surface area contributed by atoms with E-state index in [1.807, 2.05) is 38.1 Å². The number of aliphatic hydroxyl groups excluding tert-OH is 1. The van der Waals surface area contributed by atoms with Crippen LogP contribution in [0.25, 0.3) is 5.76 Å². The Labute approximate surface area is 184 Å². The van der Waals surface area contributed by atoms with E-state index in [-0.39, 0.29) is 11.3 Å². The number of rotatable bonds is 9. The minimum absolute atomic E-state index is 0.140. The smallest absolute Gasteiger partial charge is 0.295 e. The van der Waals surface area contributed by atoms with Crippen LogP contribution in [0.5, 0.6) is 5.75 Å². The normalized spacial score (nSPS) is 17.9. The first-order chi connectivity index (χ1) is 15.0. The molecule has 0 bridgehead atoms. The highest BCUT2D eigenvalue weighted by atomic mass is 16.5. The molecule has 5 nitrogen and oxygen atoms in total. The Hall–Kier alpha value is -3.08. The maximum atomic E-state index is 12.9. The average Bonchev–Trinajstić information content (AvgIpc) is 3.02. The van der Waals surface area contributed by atoms with E-state index in [2.05, 4.69) is 6.92 Å². The third-order valence-electron chi connectivity index (χ3n) is 5.51. The van der Waals surface area contributed by atoms with Crippen LogP contribution in [0.4, 0.5) is 0 Å². The first-order valence-corrected chi connectivity index (χ1v) is 11.1. The Morgan fingerprint density at radius 3 is 2.42 bits per heavy atom. The van der Waals surface area contributed by atoms with Crippen molar-refractivity contribution in [2.45, 2.75) is 52.5 Å². The zero-order valence-corrected chi connectivity index (χ0v) is 18.6. The molecule has 2 aromatic rings. The molecule has 1 N–H and O–H groups in total. The van der Waals surface area contributed by atoms with Gasteiger partial charge >= 0.3 is 0 Å². The average molecular weight is 422 g/mol. The van der Waals surface area contributed by atoms with Crippen LogP contribution in [0.1, 0.15) is 62.3 Å². The molecule has 0 aromatic heterocycles. The monoisotopic (exact) mass is 421 g/mol. The van der Waals surface area contributed by atoms with Gasteiger partial charge in [0.1, 0.15) is 11.5 Å². The van der Waals surface area contributed by atoms with Crippen molar-refractivity contribution >= 4 is 17.4 Å². The van der Waals surface area contributed by atoms with Crippen molar-refractivity contribution in [2.24, 2.45) is 0 Å². The van der Waals surface area contributed by atoms with Gasteiger partial charge in [-0.1, -0.05) is 56.5 Å². The molecule has 1 heterocycles. The molecule has 0 aliphatic carbocycles. The molecule has 164 valence electrons. The van der Waals surface area contributed by atoms with Crippen LogP contribution in [-0.2, 0) is 9.59 Å².